The Bertz CT molecular complexity index is 1220. The second kappa shape index (κ2) is 6.68. The Kier molecular flexibility index (Phi) is 4.33. The average Bonchev–Trinajstić information content (AvgIpc) is 3.05. The van der Waals surface area contributed by atoms with Crippen LogP contribution < -0.4 is 4.72 Å². The number of benzene rings is 2. The first-order valence-electron chi connectivity index (χ1n) is 8.12. The first-order chi connectivity index (χ1) is 12.9. The van der Waals surface area contributed by atoms with Crippen molar-refractivity contribution < 1.29 is 8.42 Å². The fourth-order valence-corrected chi connectivity index (χ4v) is 3.82. The largest absolute Gasteiger partial charge is 0.291 e. The Morgan fingerprint density at radius 1 is 0.963 bits per heavy atom. The molecule has 2 aromatic heterocycles. The third-order valence-corrected chi connectivity index (χ3v) is 5.67. The number of aryl methyl sites for hydroxylation is 1. The van der Waals surface area contributed by atoms with Crippen LogP contribution in [0.4, 0.5) is 5.69 Å². The topological polar surface area (TPSA) is 76.4 Å². The highest BCUT2D eigenvalue weighted by atomic mass is 35.5. The zero-order chi connectivity index (χ0) is 19.0. The molecule has 0 bridgehead atoms. The minimum absolute atomic E-state index is 0.151. The number of hydrogen-bond donors (Lipinski definition) is 1. The summed E-state index contributed by atoms with van der Waals surface area (Å²) in [6, 6.07) is 14.9. The number of sulfonamides is 1. The highest BCUT2D eigenvalue weighted by Crippen LogP contribution is 2.23. The van der Waals surface area contributed by atoms with Crippen molar-refractivity contribution in [3.63, 3.8) is 0 Å². The summed E-state index contributed by atoms with van der Waals surface area (Å²) in [5.74, 6) is 0.623. The Hall–Kier alpha value is -2.90. The summed E-state index contributed by atoms with van der Waals surface area (Å²) < 4.78 is 29.3. The number of hydrogen-bond acceptors (Lipinski definition) is 4. The molecule has 8 heteroatoms. The van der Waals surface area contributed by atoms with Gasteiger partial charge in [-0.1, -0.05) is 23.7 Å². The highest BCUT2D eigenvalue weighted by molar-refractivity contribution is 7.92. The van der Waals surface area contributed by atoms with Gasteiger partial charge in [-0.3, -0.25) is 9.12 Å². The van der Waals surface area contributed by atoms with E-state index in [1.165, 1.54) is 12.1 Å². The number of rotatable bonds is 4. The lowest BCUT2D eigenvalue weighted by atomic mass is 10.1. The third kappa shape index (κ3) is 3.65. The second-order valence-electron chi connectivity index (χ2n) is 6.04. The first-order valence-corrected chi connectivity index (χ1v) is 9.98. The summed E-state index contributed by atoms with van der Waals surface area (Å²) >= 11 is 5.81. The van der Waals surface area contributed by atoms with Crippen LogP contribution in [0.15, 0.2) is 71.9 Å². The fraction of sp³-hybridized carbons (Fsp3) is 0.0526. The number of nitrogens with one attached hydrogen (secondary N) is 1. The van der Waals surface area contributed by atoms with Crippen LogP contribution in [0.5, 0.6) is 0 Å². The molecule has 0 aliphatic heterocycles. The maximum atomic E-state index is 12.4. The van der Waals surface area contributed by atoms with E-state index >= 15 is 0 Å². The molecule has 0 spiro atoms. The van der Waals surface area contributed by atoms with Crippen LogP contribution in [0.1, 0.15) is 5.69 Å². The summed E-state index contributed by atoms with van der Waals surface area (Å²) in [6.07, 6.45) is 3.79. The van der Waals surface area contributed by atoms with E-state index in [0.29, 0.717) is 16.5 Å². The van der Waals surface area contributed by atoms with Crippen LogP contribution >= 0.6 is 11.6 Å². The van der Waals surface area contributed by atoms with E-state index in [2.05, 4.69) is 14.7 Å². The van der Waals surface area contributed by atoms with Crippen LogP contribution in [0.25, 0.3) is 17.0 Å². The zero-order valence-corrected chi connectivity index (χ0v) is 15.9. The molecule has 4 aromatic rings. The van der Waals surface area contributed by atoms with E-state index in [1.807, 2.05) is 41.9 Å². The third-order valence-electron chi connectivity index (χ3n) is 4.02. The standard InChI is InChI=1S/C19H15ClN4O2S/c1-13-10-11-24-12-18(22-19(24)21-13)14-2-6-16(7-3-14)23-27(25,26)17-8-4-15(20)5-9-17/h2-12,23H,1H3. The summed E-state index contributed by atoms with van der Waals surface area (Å²) in [5.41, 5.74) is 2.99. The average molecular weight is 399 g/mol. The van der Waals surface area contributed by atoms with Gasteiger partial charge in [0.25, 0.3) is 10.0 Å². The van der Waals surface area contributed by atoms with Crippen molar-refractivity contribution in [2.45, 2.75) is 11.8 Å². The SMILES string of the molecule is Cc1ccn2cc(-c3ccc(NS(=O)(=O)c4ccc(Cl)cc4)cc3)nc2n1. The summed E-state index contributed by atoms with van der Waals surface area (Å²) in [6.45, 7) is 1.91. The maximum Gasteiger partial charge on any atom is 0.261 e. The smallest absolute Gasteiger partial charge is 0.261 e. The molecule has 136 valence electrons. The Balaban J connectivity index is 1.58. The lowest BCUT2D eigenvalue weighted by Gasteiger charge is -2.08. The molecule has 0 radical (unpaired) electrons. The quantitative estimate of drug-likeness (QED) is 0.560. The van der Waals surface area contributed by atoms with Crippen molar-refractivity contribution in [3.8, 4) is 11.3 Å². The predicted octanol–water partition coefficient (Wildman–Crippen LogP) is 4.16. The highest BCUT2D eigenvalue weighted by Gasteiger charge is 2.14. The van der Waals surface area contributed by atoms with Crippen LogP contribution in [-0.4, -0.2) is 22.8 Å². The van der Waals surface area contributed by atoms with Gasteiger partial charge in [-0.05, 0) is 49.4 Å². The molecule has 6 nitrogen and oxygen atoms in total. The lowest BCUT2D eigenvalue weighted by Crippen LogP contribution is -2.12. The van der Waals surface area contributed by atoms with Crippen molar-refractivity contribution in [1.82, 2.24) is 14.4 Å². The molecule has 27 heavy (non-hydrogen) atoms. The Labute approximate surface area is 161 Å². The maximum absolute atomic E-state index is 12.4. The van der Waals surface area contributed by atoms with E-state index in [9.17, 15) is 8.42 Å². The molecule has 0 atom stereocenters. The number of aromatic nitrogens is 3. The van der Waals surface area contributed by atoms with E-state index in [1.54, 1.807) is 24.3 Å². The van der Waals surface area contributed by atoms with E-state index in [0.717, 1.165) is 17.0 Å². The number of halogens is 1. The van der Waals surface area contributed by atoms with Crippen LogP contribution in [-0.2, 0) is 10.0 Å². The number of imidazole rings is 1. The molecule has 0 aliphatic rings. The van der Waals surface area contributed by atoms with Gasteiger partial charge in [0.1, 0.15) is 0 Å². The van der Waals surface area contributed by atoms with Gasteiger partial charge in [0, 0.05) is 34.4 Å². The number of fused-ring (bicyclic) bond motifs is 1. The summed E-state index contributed by atoms with van der Waals surface area (Å²) in [5, 5.41) is 0.482. The van der Waals surface area contributed by atoms with Crippen LogP contribution in [0.2, 0.25) is 5.02 Å². The van der Waals surface area contributed by atoms with Crippen molar-refractivity contribution in [2.75, 3.05) is 4.72 Å². The van der Waals surface area contributed by atoms with Crippen molar-refractivity contribution in [1.29, 1.82) is 0 Å². The molecule has 0 aliphatic carbocycles. The molecule has 0 saturated heterocycles. The molecule has 2 heterocycles. The van der Waals surface area contributed by atoms with Gasteiger partial charge in [0.05, 0.1) is 10.6 Å². The fourth-order valence-electron chi connectivity index (χ4n) is 2.64. The van der Waals surface area contributed by atoms with Gasteiger partial charge in [0.15, 0.2) is 0 Å². The zero-order valence-electron chi connectivity index (χ0n) is 14.3. The minimum Gasteiger partial charge on any atom is -0.291 e. The Morgan fingerprint density at radius 3 is 2.37 bits per heavy atom. The van der Waals surface area contributed by atoms with Gasteiger partial charge in [-0.15, -0.1) is 0 Å². The van der Waals surface area contributed by atoms with Gasteiger partial charge in [0.2, 0.25) is 5.78 Å². The molecule has 0 fully saturated rings. The number of nitrogens with zero attached hydrogens (tertiary/aromatic N) is 3. The molecular weight excluding hydrogens is 384 g/mol. The van der Waals surface area contributed by atoms with E-state index in [-0.39, 0.29) is 4.90 Å². The van der Waals surface area contributed by atoms with Crippen molar-refractivity contribution in [2.24, 2.45) is 0 Å². The second-order valence-corrected chi connectivity index (χ2v) is 8.16. The van der Waals surface area contributed by atoms with Crippen molar-refractivity contribution >= 4 is 33.1 Å². The summed E-state index contributed by atoms with van der Waals surface area (Å²) in [4.78, 5) is 9.03. The van der Waals surface area contributed by atoms with Gasteiger partial charge in [-0.25, -0.2) is 18.4 Å². The van der Waals surface area contributed by atoms with E-state index < -0.39 is 10.0 Å². The molecule has 2 aromatic carbocycles. The van der Waals surface area contributed by atoms with Crippen LogP contribution in [0.3, 0.4) is 0 Å². The van der Waals surface area contributed by atoms with Gasteiger partial charge in [-0.2, -0.15) is 0 Å². The van der Waals surface area contributed by atoms with Gasteiger partial charge < -0.3 is 0 Å². The van der Waals surface area contributed by atoms with Gasteiger partial charge >= 0.3 is 0 Å². The normalized spacial score (nSPS) is 11.6. The number of anilines is 1. The van der Waals surface area contributed by atoms with Crippen molar-refractivity contribution in [3.05, 3.63) is 77.7 Å². The molecular formula is C19H15ClN4O2S. The summed E-state index contributed by atoms with van der Waals surface area (Å²) in [7, 11) is -3.67. The van der Waals surface area contributed by atoms with E-state index in [4.69, 9.17) is 11.6 Å². The van der Waals surface area contributed by atoms with Crippen LogP contribution in [0, 0.1) is 6.92 Å². The Morgan fingerprint density at radius 2 is 1.67 bits per heavy atom. The molecule has 0 amide bonds. The molecule has 0 saturated carbocycles. The first kappa shape index (κ1) is 17.5. The minimum atomic E-state index is -3.67. The predicted molar refractivity (Wildman–Crippen MR) is 105 cm³/mol. The lowest BCUT2D eigenvalue weighted by molar-refractivity contribution is 0.601. The molecule has 4 rings (SSSR count). The monoisotopic (exact) mass is 398 g/mol. The molecule has 0 unspecified atom stereocenters. The molecule has 1 N–H and O–H groups in total.